The fraction of sp³-hybridized carbons (Fsp3) is 0.909. The van der Waals surface area contributed by atoms with Gasteiger partial charge in [-0.15, -0.1) is 0 Å². The summed E-state index contributed by atoms with van der Waals surface area (Å²) in [7, 11) is 0. The predicted octanol–water partition coefficient (Wildman–Crippen LogP) is 2.65. The Labute approximate surface area is 89.2 Å². The molecule has 1 aliphatic rings. The molecular formula is C11H21NO2. The van der Waals surface area contributed by atoms with Crippen LogP contribution >= 0.6 is 0 Å². The molecule has 1 heterocycles. The minimum Gasteiger partial charge on any atom is -0.444 e. The molecule has 0 aromatic rings. The standard InChI is InChI=1S/C11H21NO2/c1-9-6-5-7-12(8-9)10(13)14-11(2,3)4/h9H,5-8H2,1-4H3/t9-/m0/s1/i8D2. The highest BCUT2D eigenvalue weighted by Gasteiger charge is 2.25. The summed E-state index contributed by atoms with van der Waals surface area (Å²) in [5.74, 6) is -0.145. The number of rotatable bonds is 0. The molecule has 1 rings (SSSR count). The number of piperidine rings is 1. The van der Waals surface area contributed by atoms with Crippen molar-refractivity contribution in [3.63, 3.8) is 0 Å². The molecule has 82 valence electrons. The van der Waals surface area contributed by atoms with Gasteiger partial charge in [-0.3, -0.25) is 0 Å². The summed E-state index contributed by atoms with van der Waals surface area (Å²) >= 11 is 0. The number of likely N-dealkylation sites (tertiary alicyclic amines) is 1. The Balaban J connectivity index is 2.75. The van der Waals surface area contributed by atoms with Crippen LogP contribution in [0.1, 0.15) is 43.3 Å². The van der Waals surface area contributed by atoms with Crippen molar-refractivity contribution in [1.82, 2.24) is 4.90 Å². The van der Waals surface area contributed by atoms with Gasteiger partial charge in [0.15, 0.2) is 0 Å². The molecule has 3 heteroatoms. The van der Waals surface area contributed by atoms with E-state index in [1.807, 2.05) is 6.92 Å². The van der Waals surface area contributed by atoms with E-state index in [-0.39, 0.29) is 5.92 Å². The molecule has 1 atom stereocenters. The molecular weight excluding hydrogens is 178 g/mol. The van der Waals surface area contributed by atoms with Crippen LogP contribution in [0.2, 0.25) is 0 Å². The molecule has 0 aromatic heterocycles. The Morgan fingerprint density at radius 1 is 1.57 bits per heavy atom. The molecule has 0 aliphatic carbocycles. The minimum absolute atomic E-state index is 0.145. The number of carbonyl (C=O) groups is 1. The molecule has 1 fully saturated rings. The smallest absolute Gasteiger partial charge is 0.410 e. The summed E-state index contributed by atoms with van der Waals surface area (Å²) in [6.45, 7) is 6.03. The van der Waals surface area contributed by atoms with Gasteiger partial charge in [-0.2, -0.15) is 0 Å². The van der Waals surface area contributed by atoms with Crippen LogP contribution in [0.15, 0.2) is 0 Å². The minimum atomic E-state index is -1.60. The van der Waals surface area contributed by atoms with Gasteiger partial charge in [0.2, 0.25) is 0 Å². The zero-order valence-corrected chi connectivity index (χ0v) is 9.46. The first-order valence-corrected chi connectivity index (χ1v) is 5.15. The lowest BCUT2D eigenvalue weighted by molar-refractivity contribution is 0.0174. The maximum absolute atomic E-state index is 11.8. The van der Waals surface area contributed by atoms with Crippen molar-refractivity contribution in [2.24, 2.45) is 5.92 Å². The number of amides is 1. The van der Waals surface area contributed by atoms with Crippen molar-refractivity contribution in [1.29, 1.82) is 0 Å². The van der Waals surface area contributed by atoms with E-state index in [1.54, 1.807) is 20.8 Å². The second-order valence-corrected chi connectivity index (χ2v) is 4.80. The van der Waals surface area contributed by atoms with E-state index in [2.05, 4.69) is 0 Å². The van der Waals surface area contributed by atoms with Gasteiger partial charge in [-0.25, -0.2) is 4.79 Å². The third-order valence-corrected chi connectivity index (χ3v) is 2.01. The van der Waals surface area contributed by atoms with Gasteiger partial charge in [0, 0.05) is 15.8 Å². The molecule has 0 unspecified atom stereocenters. The Morgan fingerprint density at radius 3 is 2.79 bits per heavy atom. The van der Waals surface area contributed by atoms with Crippen LogP contribution in [0.4, 0.5) is 4.79 Å². The Hall–Kier alpha value is -0.730. The Morgan fingerprint density at radius 2 is 2.21 bits per heavy atom. The zero-order valence-electron chi connectivity index (χ0n) is 11.5. The van der Waals surface area contributed by atoms with Crippen molar-refractivity contribution >= 4 is 6.09 Å². The summed E-state index contributed by atoms with van der Waals surface area (Å²) in [5, 5.41) is 0. The number of ether oxygens (including phenoxy) is 1. The highest BCUT2D eigenvalue weighted by atomic mass is 16.6. The average molecular weight is 201 g/mol. The van der Waals surface area contributed by atoms with Gasteiger partial charge in [0.05, 0.1) is 0 Å². The summed E-state index contributed by atoms with van der Waals surface area (Å²) < 4.78 is 21.0. The third-order valence-electron chi connectivity index (χ3n) is 2.01. The molecule has 0 N–H and O–H groups in total. The first-order valence-electron chi connectivity index (χ1n) is 6.15. The summed E-state index contributed by atoms with van der Waals surface area (Å²) in [4.78, 5) is 13.1. The van der Waals surface area contributed by atoms with Crippen LogP contribution in [0.3, 0.4) is 0 Å². The van der Waals surface area contributed by atoms with E-state index in [9.17, 15) is 4.79 Å². The monoisotopic (exact) mass is 201 g/mol. The van der Waals surface area contributed by atoms with E-state index in [4.69, 9.17) is 7.48 Å². The first-order chi connectivity index (χ1) is 7.14. The van der Waals surface area contributed by atoms with Crippen molar-refractivity contribution in [3.8, 4) is 0 Å². The van der Waals surface area contributed by atoms with Crippen LogP contribution in [0.5, 0.6) is 0 Å². The van der Waals surface area contributed by atoms with Crippen LogP contribution in [-0.4, -0.2) is 29.6 Å². The maximum atomic E-state index is 11.8. The first kappa shape index (κ1) is 8.57. The van der Waals surface area contributed by atoms with Gasteiger partial charge in [-0.05, 0) is 39.5 Å². The second kappa shape index (κ2) is 4.20. The zero-order chi connectivity index (χ0) is 12.6. The van der Waals surface area contributed by atoms with Crippen molar-refractivity contribution in [2.45, 2.75) is 46.1 Å². The SMILES string of the molecule is [2H]C1([2H])[C@@H](C)CCCN1C(=O)OC(C)(C)C. The molecule has 14 heavy (non-hydrogen) atoms. The van der Waals surface area contributed by atoms with Crippen molar-refractivity contribution in [2.75, 3.05) is 13.0 Å². The van der Waals surface area contributed by atoms with Gasteiger partial charge >= 0.3 is 6.09 Å². The predicted molar refractivity (Wildman–Crippen MR) is 56.2 cm³/mol. The summed E-state index contributed by atoms with van der Waals surface area (Å²) in [5.41, 5.74) is -0.576. The molecule has 0 saturated carbocycles. The van der Waals surface area contributed by atoms with E-state index in [0.717, 1.165) is 12.8 Å². The van der Waals surface area contributed by atoms with E-state index >= 15 is 0 Å². The average Bonchev–Trinajstić information content (AvgIpc) is 2.06. The van der Waals surface area contributed by atoms with Crippen LogP contribution in [-0.2, 0) is 4.74 Å². The lowest BCUT2D eigenvalue weighted by Gasteiger charge is -2.32. The topological polar surface area (TPSA) is 29.5 Å². The molecule has 1 aliphatic heterocycles. The van der Waals surface area contributed by atoms with E-state index in [0.29, 0.717) is 6.54 Å². The Bertz CT molecular complexity index is 274. The molecule has 1 amide bonds. The summed E-state index contributed by atoms with van der Waals surface area (Å²) in [6, 6.07) is 0. The van der Waals surface area contributed by atoms with Gasteiger partial charge < -0.3 is 9.64 Å². The number of hydrogen-bond acceptors (Lipinski definition) is 2. The van der Waals surface area contributed by atoms with Gasteiger partial charge in [0.1, 0.15) is 5.60 Å². The number of nitrogens with zero attached hydrogens (tertiary/aromatic N) is 1. The molecule has 3 nitrogen and oxygen atoms in total. The molecule has 0 bridgehead atoms. The Kier molecular flexibility index (Phi) is 2.57. The van der Waals surface area contributed by atoms with Crippen LogP contribution < -0.4 is 0 Å². The largest absolute Gasteiger partial charge is 0.444 e. The van der Waals surface area contributed by atoms with Crippen molar-refractivity contribution in [3.05, 3.63) is 0 Å². The van der Waals surface area contributed by atoms with Crippen molar-refractivity contribution < 1.29 is 12.3 Å². The third kappa shape index (κ3) is 3.56. The fourth-order valence-corrected chi connectivity index (χ4v) is 1.41. The van der Waals surface area contributed by atoms with Gasteiger partial charge in [0.25, 0.3) is 0 Å². The quantitative estimate of drug-likeness (QED) is 0.603. The lowest BCUT2D eigenvalue weighted by Crippen LogP contribution is -2.42. The molecule has 0 radical (unpaired) electrons. The van der Waals surface area contributed by atoms with Crippen LogP contribution in [0, 0.1) is 5.92 Å². The van der Waals surface area contributed by atoms with E-state index < -0.39 is 18.2 Å². The number of hydrogen-bond donors (Lipinski definition) is 0. The fourth-order valence-electron chi connectivity index (χ4n) is 1.41. The normalized spacial score (nSPS) is 29.1. The molecule has 0 spiro atoms. The highest BCUT2D eigenvalue weighted by Crippen LogP contribution is 2.18. The molecule has 0 aromatic carbocycles. The van der Waals surface area contributed by atoms with E-state index in [1.165, 1.54) is 4.90 Å². The van der Waals surface area contributed by atoms with Crippen LogP contribution in [0.25, 0.3) is 0 Å². The second-order valence-electron chi connectivity index (χ2n) is 4.80. The number of carbonyl (C=O) groups excluding carboxylic acids is 1. The lowest BCUT2D eigenvalue weighted by atomic mass is 10.0. The maximum Gasteiger partial charge on any atom is 0.410 e. The summed E-state index contributed by atoms with van der Waals surface area (Å²) in [6.07, 6.45) is 1.09. The van der Waals surface area contributed by atoms with Gasteiger partial charge in [-0.1, -0.05) is 6.92 Å². The molecule has 1 saturated heterocycles. The highest BCUT2D eigenvalue weighted by molar-refractivity contribution is 5.68.